The van der Waals surface area contributed by atoms with Gasteiger partial charge in [0.1, 0.15) is 12.3 Å². The zero-order chi connectivity index (χ0) is 31.8. The lowest BCUT2D eigenvalue weighted by Gasteiger charge is -2.45. The van der Waals surface area contributed by atoms with Crippen molar-refractivity contribution in [2.75, 3.05) is 52.4 Å². The fourth-order valence-electron chi connectivity index (χ4n) is 7.32. The Hall–Kier alpha value is -1.99. The second-order valence-electron chi connectivity index (χ2n) is 13.2. The monoisotopic (exact) mass is 622 g/mol. The van der Waals surface area contributed by atoms with Gasteiger partial charge in [-0.3, -0.25) is 24.4 Å². The van der Waals surface area contributed by atoms with Crippen LogP contribution in [0.2, 0.25) is 0 Å². The van der Waals surface area contributed by atoms with Crippen LogP contribution in [0.1, 0.15) is 65.7 Å². The first kappa shape index (κ1) is 34.9. The van der Waals surface area contributed by atoms with Gasteiger partial charge in [-0.1, -0.05) is 25.5 Å². The third-order valence-corrected chi connectivity index (χ3v) is 10.2. The second-order valence-corrected chi connectivity index (χ2v) is 13.2. The molecular weight excluding hydrogens is 566 g/mol. The van der Waals surface area contributed by atoms with E-state index >= 15 is 4.39 Å². The van der Waals surface area contributed by atoms with Gasteiger partial charge < -0.3 is 27.0 Å². The van der Waals surface area contributed by atoms with E-state index in [9.17, 15) is 14.0 Å². The summed E-state index contributed by atoms with van der Waals surface area (Å²) >= 11 is 0. The molecule has 4 aliphatic rings. The molecule has 4 aliphatic heterocycles. The van der Waals surface area contributed by atoms with E-state index in [0.29, 0.717) is 38.5 Å². The number of nitrogens with zero attached hydrogens (tertiary/aromatic N) is 4. The number of hydrogen-bond acceptors (Lipinski definition) is 8. The molecule has 0 aromatic carbocycles. The summed E-state index contributed by atoms with van der Waals surface area (Å²) in [7, 11) is 0. The number of carbonyl (C=O) groups excluding carboxylic acids is 2. The smallest absolute Gasteiger partial charge is 0.228 e. The van der Waals surface area contributed by atoms with Crippen molar-refractivity contribution in [1.82, 2.24) is 25.3 Å². The Bertz CT molecular complexity index is 999. The summed E-state index contributed by atoms with van der Waals surface area (Å²) in [6, 6.07) is -1.32. The summed E-state index contributed by atoms with van der Waals surface area (Å²) in [5.74, 6) is -1.19. The Morgan fingerprint density at radius 3 is 2.39 bits per heavy atom. The first-order chi connectivity index (χ1) is 21.1. The topological polar surface area (TPSA) is 132 Å². The summed E-state index contributed by atoms with van der Waals surface area (Å²) in [5, 5.41) is 6.14. The summed E-state index contributed by atoms with van der Waals surface area (Å²) in [5.41, 5.74) is 13.2. The van der Waals surface area contributed by atoms with E-state index in [1.165, 1.54) is 19.1 Å². The molecule has 6 unspecified atom stereocenters. The summed E-state index contributed by atoms with van der Waals surface area (Å²) in [6.07, 6.45) is 5.46. The number of piperidine rings is 2. The maximum Gasteiger partial charge on any atom is 0.228 e. The van der Waals surface area contributed by atoms with Crippen molar-refractivity contribution >= 4 is 18.0 Å². The van der Waals surface area contributed by atoms with Gasteiger partial charge in [0, 0.05) is 44.4 Å². The van der Waals surface area contributed by atoms with E-state index in [0.717, 1.165) is 44.6 Å². The third-order valence-electron chi connectivity index (χ3n) is 10.2. The lowest BCUT2D eigenvalue weighted by molar-refractivity contribution is -0.136. The van der Waals surface area contributed by atoms with E-state index < -0.39 is 48.5 Å². The molecule has 0 aromatic rings. The van der Waals surface area contributed by atoms with Crippen LogP contribution in [-0.2, 0) is 9.59 Å². The van der Waals surface area contributed by atoms with Crippen LogP contribution < -0.4 is 22.1 Å². The molecule has 0 bridgehead atoms. The number of hydrogen-bond donors (Lipinski definition) is 4. The van der Waals surface area contributed by atoms with Gasteiger partial charge in [-0.15, -0.1) is 0 Å². The molecule has 0 saturated carbocycles. The van der Waals surface area contributed by atoms with Gasteiger partial charge in [0.2, 0.25) is 11.8 Å². The van der Waals surface area contributed by atoms with Crippen LogP contribution in [0.3, 0.4) is 0 Å². The maximum absolute atomic E-state index is 15.6. The Labute approximate surface area is 262 Å². The molecule has 7 atom stereocenters. The number of amides is 2. The molecule has 4 heterocycles. The molecule has 4 saturated heterocycles. The van der Waals surface area contributed by atoms with Crippen LogP contribution in [0.15, 0.2) is 16.6 Å². The highest BCUT2D eigenvalue weighted by atomic mass is 19.1. The van der Waals surface area contributed by atoms with Crippen LogP contribution in [0.4, 0.5) is 8.78 Å². The lowest BCUT2D eigenvalue weighted by atomic mass is 9.89. The number of nitrogens with one attached hydrogen (secondary N) is 2. The number of rotatable bonds is 12. The first-order valence-electron chi connectivity index (χ1n) is 16.9. The van der Waals surface area contributed by atoms with Crippen LogP contribution in [-0.4, -0.2) is 128 Å². The maximum atomic E-state index is 15.6. The number of aliphatic imine (C=N–C) groups is 1. The minimum atomic E-state index is -1.24. The molecule has 250 valence electrons. The molecule has 0 spiro atoms. The first-order valence-corrected chi connectivity index (χ1v) is 16.9. The minimum Gasteiger partial charge on any atom is -0.350 e. The van der Waals surface area contributed by atoms with Crippen LogP contribution in [0.5, 0.6) is 0 Å². The molecule has 4 rings (SSSR count). The Morgan fingerprint density at radius 2 is 1.75 bits per heavy atom. The van der Waals surface area contributed by atoms with E-state index in [1.54, 1.807) is 6.92 Å². The second kappa shape index (κ2) is 16.5. The lowest BCUT2D eigenvalue weighted by Crippen LogP contribution is -2.67. The molecule has 44 heavy (non-hydrogen) atoms. The predicted molar refractivity (Wildman–Crippen MR) is 171 cm³/mol. The van der Waals surface area contributed by atoms with Crippen LogP contribution in [0, 0.1) is 11.8 Å². The third kappa shape index (κ3) is 8.84. The van der Waals surface area contributed by atoms with E-state index in [-0.39, 0.29) is 24.8 Å². The quantitative estimate of drug-likeness (QED) is 0.148. The van der Waals surface area contributed by atoms with Gasteiger partial charge >= 0.3 is 0 Å². The van der Waals surface area contributed by atoms with Crippen molar-refractivity contribution in [3.8, 4) is 0 Å². The van der Waals surface area contributed by atoms with Crippen molar-refractivity contribution in [2.24, 2.45) is 28.3 Å². The van der Waals surface area contributed by atoms with Crippen molar-refractivity contribution in [2.45, 2.75) is 108 Å². The Kier molecular flexibility index (Phi) is 13.1. The highest BCUT2D eigenvalue weighted by Crippen LogP contribution is 2.28. The standard InChI is InChI=1S/C32H56F2N8O2/c1-4-21(3)16-26(38-17-23(33)5-2)28(30(35)36)31(43)39-27-19-37-18-25(34)29(27)41-13-8-22(9-14-41)32(44)42-15-10-24(20-42)40-11-6-7-12-40/h16-17,22-30,37H,4-15,18-20,35-36H2,1-3H3,(H,39,43)/b21-16-,38-17-/t23?,24-,25?,26?,27?,28?,29?/m0/s1. The summed E-state index contributed by atoms with van der Waals surface area (Å²) in [4.78, 5) is 38.2. The van der Waals surface area contributed by atoms with Crippen LogP contribution in [0.25, 0.3) is 0 Å². The minimum absolute atomic E-state index is 0.0503. The van der Waals surface area contributed by atoms with E-state index in [4.69, 9.17) is 11.5 Å². The highest BCUT2D eigenvalue weighted by molar-refractivity contribution is 5.81. The zero-order valence-electron chi connectivity index (χ0n) is 27.0. The largest absolute Gasteiger partial charge is 0.350 e. The SMILES string of the molecule is CC/C(C)=C\C(/N=C\C(F)CC)C(C(=O)NC1CNCC(F)C1N1CCC(C(=O)N2CC[C@H](N3CCCC3)C2)CC1)C(N)N. The molecule has 6 N–H and O–H groups in total. The number of halogens is 2. The van der Waals surface area contributed by atoms with Gasteiger partial charge in [-0.05, 0) is 78.0 Å². The van der Waals surface area contributed by atoms with Gasteiger partial charge in [0.15, 0.2) is 0 Å². The molecule has 0 aliphatic carbocycles. The van der Waals surface area contributed by atoms with Crippen molar-refractivity contribution < 1.29 is 18.4 Å². The van der Waals surface area contributed by atoms with Crippen molar-refractivity contribution in [3.05, 3.63) is 11.6 Å². The number of allylic oxidation sites excluding steroid dienone is 1. The highest BCUT2D eigenvalue weighted by Gasteiger charge is 2.43. The molecule has 0 radical (unpaired) electrons. The van der Waals surface area contributed by atoms with E-state index in [1.807, 2.05) is 24.8 Å². The molecule has 12 heteroatoms. The average molecular weight is 623 g/mol. The molecular formula is C32H56F2N8O2. The van der Waals surface area contributed by atoms with Gasteiger partial charge in [0.05, 0.1) is 30.2 Å². The number of alkyl halides is 2. The predicted octanol–water partition coefficient (Wildman–Crippen LogP) is 1.59. The molecule has 2 amide bonds. The van der Waals surface area contributed by atoms with Gasteiger partial charge in [-0.2, -0.15) is 0 Å². The fraction of sp³-hybridized carbons (Fsp3) is 0.844. The summed E-state index contributed by atoms with van der Waals surface area (Å²) < 4.78 is 29.6. The van der Waals surface area contributed by atoms with Gasteiger partial charge in [-0.25, -0.2) is 8.78 Å². The number of carbonyl (C=O) groups is 2. The number of nitrogens with two attached hydrogens (primary N) is 2. The Morgan fingerprint density at radius 1 is 1.05 bits per heavy atom. The average Bonchev–Trinajstić information content (AvgIpc) is 3.72. The molecule has 0 aromatic heterocycles. The Balaban J connectivity index is 1.39. The van der Waals surface area contributed by atoms with Gasteiger partial charge in [0.25, 0.3) is 0 Å². The van der Waals surface area contributed by atoms with E-state index in [2.05, 4.69) is 25.4 Å². The summed E-state index contributed by atoms with van der Waals surface area (Å²) in [6.45, 7) is 11.3. The normalized spacial score (nSPS) is 30.3. The van der Waals surface area contributed by atoms with Crippen molar-refractivity contribution in [1.29, 1.82) is 0 Å². The molecule has 4 fully saturated rings. The zero-order valence-corrected chi connectivity index (χ0v) is 27.0. The fourth-order valence-corrected chi connectivity index (χ4v) is 7.32. The van der Waals surface area contributed by atoms with Crippen molar-refractivity contribution in [3.63, 3.8) is 0 Å². The molecule has 10 nitrogen and oxygen atoms in total. The number of likely N-dealkylation sites (tertiary alicyclic amines) is 3. The van der Waals surface area contributed by atoms with Crippen LogP contribution >= 0.6 is 0 Å².